The zero-order valence-corrected chi connectivity index (χ0v) is 19.1. The van der Waals surface area contributed by atoms with E-state index < -0.39 is 33.9 Å². The largest absolute Gasteiger partial charge is 0.478 e. The van der Waals surface area contributed by atoms with Crippen LogP contribution < -0.4 is 0 Å². The summed E-state index contributed by atoms with van der Waals surface area (Å²) in [6.07, 6.45) is 1.73. The number of hydrogen-bond acceptors (Lipinski definition) is 3. The fourth-order valence-electron chi connectivity index (χ4n) is 4.28. The fraction of sp³-hybridized carbons (Fsp3) is 0.192. The molecule has 1 aliphatic rings. The molecule has 3 aromatic carbocycles. The lowest BCUT2D eigenvalue weighted by atomic mass is 9.89. The van der Waals surface area contributed by atoms with Gasteiger partial charge in [-0.1, -0.05) is 65.7 Å². The summed E-state index contributed by atoms with van der Waals surface area (Å²) in [5.41, 5.74) is 2.76. The first-order valence-electron chi connectivity index (χ1n) is 10.5. The van der Waals surface area contributed by atoms with Crippen LogP contribution in [0, 0.1) is 19.7 Å². The molecule has 1 heterocycles. The van der Waals surface area contributed by atoms with Crippen LogP contribution in [0.2, 0.25) is 0 Å². The molecule has 0 unspecified atom stereocenters. The summed E-state index contributed by atoms with van der Waals surface area (Å²) in [4.78, 5) is 12.2. The van der Waals surface area contributed by atoms with E-state index in [9.17, 15) is 22.7 Å². The summed E-state index contributed by atoms with van der Waals surface area (Å²) in [6, 6.07) is 17.5. The molecule has 0 radical (unpaired) electrons. The second kappa shape index (κ2) is 8.92. The van der Waals surface area contributed by atoms with Gasteiger partial charge in [0.1, 0.15) is 5.82 Å². The standard InChI is InChI=1S/C26H24FNO4S/c1-17-9-11-22(12-10-17)33(31,32)28-24(19-6-3-5-18(2)15-19)14-13-23(26(29)30)25(28)20-7-4-8-21(27)16-20/h3-13,15-16,24-25H,14H2,1-2H3,(H,29,30)/t24-,25-/m0/s1. The minimum absolute atomic E-state index is 0.0544. The van der Waals surface area contributed by atoms with E-state index in [1.807, 2.05) is 38.1 Å². The normalized spacial score (nSPS) is 19.2. The van der Waals surface area contributed by atoms with Gasteiger partial charge in [-0.3, -0.25) is 0 Å². The van der Waals surface area contributed by atoms with Crippen LogP contribution in [0.1, 0.15) is 40.8 Å². The smallest absolute Gasteiger partial charge is 0.333 e. The van der Waals surface area contributed by atoms with Crippen LogP contribution in [0.15, 0.2) is 89.3 Å². The highest BCUT2D eigenvalue weighted by molar-refractivity contribution is 7.89. The highest BCUT2D eigenvalue weighted by Crippen LogP contribution is 2.45. The van der Waals surface area contributed by atoms with Gasteiger partial charge in [0, 0.05) is 0 Å². The van der Waals surface area contributed by atoms with Crippen molar-refractivity contribution in [3.8, 4) is 0 Å². The molecule has 3 aromatic rings. The highest BCUT2D eigenvalue weighted by atomic mass is 32.2. The number of halogens is 1. The van der Waals surface area contributed by atoms with Crippen molar-refractivity contribution >= 4 is 16.0 Å². The first-order valence-corrected chi connectivity index (χ1v) is 12.0. The Morgan fingerprint density at radius 3 is 2.24 bits per heavy atom. The van der Waals surface area contributed by atoms with Crippen molar-refractivity contribution in [2.75, 3.05) is 0 Å². The van der Waals surface area contributed by atoms with Crippen molar-refractivity contribution in [2.24, 2.45) is 0 Å². The Labute approximate surface area is 192 Å². The van der Waals surface area contributed by atoms with Gasteiger partial charge >= 0.3 is 5.97 Å². The molecular weight excluding hydrogens is 441 g/mol. The SMILES string of the molecule is Cc1ccc(S(=O)(=O)N2[C@@H](c3cccc(F)c3)C(C(=O)O)=CC[C@H]2c2cccc(C)c2)cc1. The van der Waals surface area contributed by atoms with E-state index in [2.05, 4.69) is 0 Å². The molecule has 1 N–H and O–H groups in total. The zero-order chi connectivity index (χ0) is 23.8. The van der Waals surface area contributed by atoms with Crippen molar-refractivity contribution in [3.05, 3.63) is 113 Å². The van der Waals surface area contributed by atoms with E-state index in [1.54, 1.807) is 24.3 Å². The van der Waals surface area contributed by atoms with Crippen LogP contribution >= 0.6 is 0 Å². The van der Waals surface area contributed by atoms with Gasteiger partial charge in [0.25, 0.3) is 0 Å². The average molecular weight is 466 g/mol. The van der Waals surface area contributed by atoms with Gasteiger partial charge in [0.05, 0.1) is 22.6 Å². The summed E-state index contributed by atoms with van der Waals surface area (Å²) in [5.74, 6) is -1.81. The van der Waals surface area contributed by atoms with Crippen molar-refractivity contribution in [1.29, 1.82) is 0 Å². The molecule has 1 aliphatic heterocycles. The Morgan fingerprint density at radius 2 is 1.61 bits per heavy atom. The average Bonchev–Trinajstić information content (AvgIpc) is 2.78. The van der Waals surface area contributed by atoms with Gasteiger partial charge in [-0.2, -0.15) is 4.31 Å². The number of aryl methyl sites for hydroxylation is 2. The molecular formula is C26H24FNO4S. The van der Waals surface area contributed by atoms with Gasteiger partial charge in [0.15, 0.2) is 0 Å². The first-order chi connectivity index (χ1) is 15.7. The minimum Gasteiger partial charge on any atom is -0.478 e. The van der Waals surface area contributed by atoms with Gasteiger partial charge in [-0.05, 0) is 55.7 Å². The molecule has 0 amide bonds. The lowest BCUT2D eigenvalue weighted by Gasteiger charge is -2.40. The second-order valence-corrected chi connectivity index (χ2v) is 10.1. The molecule has 7 heteroatoms. The molecule has 0 saturated heterocycles. The van der Waals surface area contributed by atoms with Gasteiger partial charge in [-0.15, -0.1) is 0 Å². The molecule has 0 bridgehead atoms. The predicted molar refractivity (Wildman–Crippen MR) is 124 cm³/mol. The van der Waals surface area contributed by atoms with E-state index in [1.165, 1.54) is 34.6 Å². The third-order valence-corrected chi connectivity index (χ3v) is 7.74. The summed E-state index contributed by atoms with van der Waals surface area (Å²) >= 11 is 0. The second-order valence-electron chi connectivity index (χ2n) is 8.24. The topological polar surface area (TPSA) is 74.7 Å². The van der Waals surface area contributed by atoms with Gasteiger partial charge in [-0.25, -0.2) is 17.6 Å². The number of nitrogens with zero attached hydrogens (tertiary/aromatic N) is 1. The van der Waals surface area contributed by atoms with E-state index in [-0.39, 0.29) is 22.5 Å². The number of sulfonamides is 1. The number of carbonyl (C=O) groups is 1. The molecule has 33 heavy (non-hydrogen) atoms. The number of rotatable bonds is 5. The van der Waals surface area contributed by atoms with E-state index >= 15 is 0 Å². The fourth-order valence-corrected chi connectivity index (χ4v) is 6.06. The Morgan fingerprint density at radius 1 is 0.939 bits per heavy atom. The van der Waals surface area contributed by atoms with Crippen molar-refractivity contribution in [2.45, 2.75) is 37.2 Å². The Bertz CT molecular complexity index is 1330. The molecule has 0 aliphatic carbocycles. The molecule has 0 aromatic heterocycles. The van der Waals surface area contributed by atoms with E-state index in [0.29, 0.717) is 0 Å². The van der Waals surface area contributed by atoms with Crippen LogP contribution in [0.25, 0.3) is 0 Å². The Kier molecular flexibility index (Phi) is 6.19. The van der Waals surface area contributed by atoms with E-state index in [0.717, 1.165) is 16.7 Å². The summed E-state index contributed by atoms with van der Waals surface area (Å²) in [5, 5.41) is 9.95. The van der Waals surface area contributed by atoms with Crippen LogP contribution in [0.5, 0.6) is 0 Å². The minimum atomic E-state index is -4.16. The number of aliphatic carboxylic acids is 1. The summed E-state index contributed by atoms with van der Waals surface area (Å²) < 4.78 is 43.4. The predicted octanol–water partition coefficient (Wildman–Crippen LogP) is 5.33. The number of carboxylic acids is 1. The Balaban J connectivity index is 1.98. The van der Waals surface area contributed by atoms with Crippen molar-refractivity contribution in [1.82, 2.24) is 4.31 Å². The maximum Gasteiger partial charge on any atom is 0.333 e. The third kappa shape index (κ3) is 4.47. The summed E-state index contributed by atoms with van der Waals surface area (Å²) in [6.45, 7) is 3.77. The molecule has 0 fully saturated rings. The molecule has 0 saturated carbocycles. The third-order valence-electron chi connectivity index (χ3n) is 5.85. The zero-order valence-electron chi connectivity index (χ0n) is 18.3. The van der Waals surface area contributed by atoms with Crippen LogP contribution in [0.3, 0.4) is 0 Å². The lowest BCUT2D eigenvalue weighted by molar-refractivity contribution is -0.133. The van der Waals surface area contributed by atoms with Crippen molar-refractivity contribution < 1.29 is 22.7 Å². The monoisotopic (exact) mass is 465 g/mol. The van der Waals surface area contributed by atoms with Gasteiger partial charge in [0.2, 0.25) is 10.0 Å². The highest BCUT2D eigenvalue weighted by Gasteiger charge is 2.44. The maximum absolute atomic E-state index is 14.2. The van der Waals surface area contributed by atoms with Crippen LogP contribution in [0.4, 0.5) is 4.39 Å². The number of hydrogen-bond donors (Lipinski definition) is 1. The number of carboxylic acid groups (broad SMARTS) is 1. The molecule has 0 spiro atoms. The van der Waals surface area contributed by atoms with Gasteiger partial charge < -0.3 is 5.11 Å². The van der Waals surface area contributed by atoms with E-state index in [4.69, 9.17) is 0 Å². The molecule has 4 rings (SSSR count). The maximum atomic E-state index is 14.2. The first kappa shape index (κ1) is 22.9. The molecule has 2 atom stereocenters. The summed E-state index contributed by atoms with van der Waals surface area (Å²) in [7, 11) is -4.16. The lowest BCUT2D eigenvalue weighted by Crippen LogP contribution is -2.42. The molecule has 5 nitrogen and oxygen atoms in total. The van der Waals surface area contributed by atoms with Crippen molar-refractivity contribution in [3.63, 3.8) is 0 Å². The van der Waals surface area contributed by atoms with Crippen LogP contribution in [-0.4, -0.2) is 23.8 Å². The van der Waals surface area contributed by atoms with Crippen LogP contribution in [-0.2, 0) is 14.8 Å². The Hall–Kier alpha value is -3.29. The number of benzene rings is 3. The molecule has 170 valence electrons. The quantitative estimate of drug-likeness (QED) is 0.553.